The number of hydrogen-bond donors (Lipinski definition) is 3. The highest BCUT2D eigenvalue weighted by atomic mass is 35.5. The van der Waals surface area contributed by atoms with Crippen molar-refractivity contribution in [3.63, 3.8) is 0 Å². The molecule has 0 bridgehead atoms. The van der Waals surface area contributed by atoms with Crippen LogP contribution in [0, 0.1) is 0 Å². The van der Waals surface area contributed by atoms with Crippen LogP contribution in [0.1, 0.15) is 34.5 Å². The second-order valence-electron chi connectivity index (χ2n) is 7.68. The molecule has 3 N–H and O–H groups in total. The van der Waals surface area contributed by atoms with Gasteiger partial charge in [-0.2, -0.15) is 0 Å². The Balaban J connectivity index is 1.68. The predicted octanol–water partition coefficient (Wildman–Crippen LogP) is 4.78. The molecule has 0 unspecified atom stereocenters. The Morgan fingerprint density at radius 1 is 1.00 bits per heavy atom. The van der Waals surface area contributed by atoms with Crippen LogP contribution in [-0.4, -0.2) is 37.2 Å². The van der Waals surface area contributed by atoms with Crippen LogP contribution in [0.25, 0.3) is 0 Å². The standard InChI is InChI=1S/C24H23Cl2NO5S/c1-15(27-14-22(28)17-3-2-4-18(25)12-17)11-16-5-8-20(9-6-16)33(31,32)23-13-19(26)7-10-21(23)24(29)30/h2-10,12-13,15,22,27-28H,11,14H2,1H3,(H,29,30)/t15-,22+/m1/s1. The highest BCUT2D eigenvalue weighted by Gasteiger charge is 2.25. The summed E-state index contributed by atoms with van der Waals surface area (Å²) in [5, 5.41) is 23.6. The molecule has 0 saturated heterocycles. The number of aliphatic hydroxyl groups is 1. The summed E-state index contributed by atoms with van der Waals surface area (Å²) < 4.78 is 26.0. The molecule has 33 heavy (non-hydrogen) atoms. The van der Waals surface area contributed by atoms with Gasteiger partial charge >= 0.3 is 5.97 Å². The summed E-state index contributed by atoms with van der Waals surface area (Å²) in [7, 11) is -4.06. The van der Waals surface area contributed by atoms with Crippen molar-refractivity contribution < 1.29 is 23.4 Å². The number of aromatic carboxylic acids is 1. The Morgan fingerprint density at radius 2 is 1.67 bits per heavy atom. The summed E-state index contributed by atoms with van der Waals surface area (Å²) in [6.07, 6.45) is -0.111. The van der Waals surface area contributed by atoms with Crippen molar-refractivity contribution in [1.82, 2.24) is 5.32 Å². The molecule has 0 heterocycles. The lowest BCUT2D eigenvalue weighted by Crippen LogP contribution is -2.32. The number of hydrogen-bond acceptors (Lipinski definition) is 5. The SMILES string of the molecule is C[C@H](Cc1ccc(S(=O)(=O)c2cc(Cl)ccc2C(=O)O)cc1)NC[C@H](O)c1cccc(Cl)c1. The third-order valence-electron chi connectivity index (χ3n) is 5.13. The summed E-state index contributed by atoms with van der Waals surface area (Å²) in [5.74, 6) is -1.35. The maximum Gasteiger partial charge on any atom is 0.337 e. The third-order valence-corrected chi connectivity index (χ3v) is 7.41. The summed E-state index contributed by atoms with van der Waals surface area (Å²) in [4.78, 5) is 11.1. The molecule has 3 rings (SSSR count). The average molecular weight is 508 g/mol. The van der Waals surface area contributed by atoms with Crippen molar-refractivity contribution in [3.8, 4) is 0 Å². The first kappa shape index (κ1) is 25.2. The van der Waals surface area contributed by atoms with Crippen LogP contribution in [-0.2, 0) is 16.3 Å². The molecular weight excluding hydrogens is 485 g/mol. The highest BCUT2D eigenvalue weighted by molar-refractivity contribution is 7.91. The van der Waals surface area contributed by atoms with Crippen LogP contribution < -0.4 is 5.32 Å². The van der Waals surface area contributed by atoms with Gasteiger partial charge in [-0.25, -0.2) is 13.2 Å². The van der Waals surface area contributed by atoms with Crippen LogP contribution in [0.4, 0.5) is 0 Å². The Hall–Kier alpha value is -2.42. The normalized spacial score (nSPS) is 13.5. The fourth-order valence-corrected chi connectivity index (χ4v) is 5.31. The second kappa shape index (κ2) is 10.7. The average Bonchev–Trinajstić information content (AvgIpc) is 2.77. The number of aliphatic hydroxyl groups excluding tert-OH is 1. The van der Waals surface area contributed by atoms with E-state index in [2.05, 4.69) is 5.32 Å². The molecule has 0 aromatic heterocycles. The van der Waals surface area contributed by atoms with Crippen LogP contribution in [0.2, 0.25) is 10.0 Å². The number of carboxylic acids is 1. The summed E-state index contributed by atoms with van der Waals surface area (Å²) in [6, 6.07) is 17.0. The molecule has 3 aromatic carbocycles. The van der Waals surface area contributed by atoms with E-state index >= 15 is 0 Å². The zero-order chi connectivity index (χ0) is 24.2. The lowest BCUT2D eigenvalue weighted by Gasteiger charge is -2.18. The van der Waals surface area contributed by atoms with Gasteiger partial charge in [0.15, 0.2) is 0 Å². The topological polar surface area (TPSA) is 104 Å². The largest absolute Gasteiger partial charge is 0.478 e. The van der Waals surface area contributed by atoms with Gasteiger partial charge in [0, 0.05) is 22.6 Å². The summed E-state index contributed by atoms with van der Waals surface area (Å²) in [6.45, 7) is 2.29. The number of halogens is 2. The lowest BCUT2D eigenvalue weighted by molar-refractivity contribution is 0.0692. The number of benzene rings is 3. The van der Waals surface area contributed by atoms with E-state index < -0.39 is 21.9 Å². The molecule has 0 amide bonds. The molecule has 9 heteroatoms. The number of carbonyl (C=O) groups is 1. The minimum absolute atomic E-state index is 0.00725. The third kappa shape index (κ3) is 6.34. The maximum atomic E-state index is 13.0. The van der Waals surface area contributed by atoms with Crippen molar-refractivity contribution in [1.29, 1.82) is 0 Å². The minimum Gasteiger partial charge on any atom is -0.478 e. The van der Waals surface area contributed by atoms with Gasteiger partial charge in [-0.15, -0.1) is 0 Å². The van der Waals surface area contributed by atoms with Crippen molar-refractivity contribution in [2.75, 3.05) is 6.54 Å². The van der Waals surface area contributed by atoms with Gasteiger partial charge < -0.3 is 15.5 Å². The second-order valence-corrected chi connectivity index (χ2v) is 10.5. The Kier molecular flexibility index (Phi) is 8.15. The predicted molar refractivity (Wildman–Crippen MR) is 128 cm³/mol. The smallest absolute Gasteiger partial charge is 0.337 e. The maximum absolute atomic E-state index is 13.0. The van der Waals surface area contributed by atoms with E-state index in [1.54, 1.807) is 36.4 Å². The molecule has 3 aromatic rings. The molecule has 174 valence electrons. The van der Waals surface area contributed by atoms with Gasteiger partial charge in [0.25, 0.3) is 0 Å². The Bertz CT molecular complexity index is 1250. The fourth-order valence-electron chi connectivity index (χ4n) is 3.40. The van der Waals surface area contributed by atoms with Gasteiger partial charge in [0.1, 0.15) is 0 Å². The van der Waals surface area contributed by atoms with E-state index in [-0.39, 0.29) is 26.4 Å². The van der Waals surface area contributed by atoms with Gasteiger partial charge in [0.05, 0.1) is 21.5 Å². The van der Waals surface area contributed by atoms with E-state index in [1.165, 1.54) is 24.3 Å². The molecule has 0 radical (unpaired) electrons. The van der Waals surface area contributed by atoms with E-state index in [4.69, 9.17) is 23.2 Å². The van der Waals surface area contributed by atoms with E-state index in [0.717, 1.165) is 17.2 Å². The number of nitrogens with one attached hydrogen (secondary N) is 1. The van der Waals surface area contributed by atoms with E-state index in [9.17, 15) is 23.4 Å². The quantitative estimate of drug-likeness (QED) is 0.385. The molecule has 0 saturated carbocycles. The molecule has 0 aliphatic heterocycles. The van der Waals surface area contributed by atoms with Crippen LogP contribution in [0.15, 0.2) is 76.5 Å². The zero-order valence-electron chi connectivity index (χ0n) is 17.7. The van der Waals surface area contributed by atoms with Crippen molar-refractivity contribution in [3.05, 3.63) is 93.5 Å². The number of carboxylic acid groups (broad SMARTS) is 1. The van der Waals surface area contributed by atoms with Gasteiger partial charge in [-0.1, -0.05) is 47.5 Å². The first-order valence-corrected chi connectivity index (χ1v) is 12.4. The molecular formula is C24H23Cl2NO5S. The van der Waals surface area contributed by atoms with Gasteiger partial charge in [-0.05, 0) is 66.9 Å². The van der Waals surface area contributed by atoms with Crippen molar-refractivity contribution in [2.24, 2.45) is 0 Å². The molecule has 6 nitrogen and oxygen atoms in total. The summed E-state index contributed by atoms with van der Waals surface area (Å²) in [5.41, 5.74) is 1.27. The summed E-state index contributed by atoms with van der Waals surface area (Å²) >= 11 is 11.9. The van der Waals surface area contributed by atoms with Gasteiger partial charge in [0.2, 0.25) is 9.84 Å². The molecule has 0 fully saturated rings. The van der Waals surface area contributed by atoms with Crippen LogP contribution in [0.3, 0.4) is 0 Å². The van der Waals surface area contributed by atoms with Crippen LogP contribution in [0.5, 0.6) is 0 Å². The highest BCUT2D eigenvalue weighted by Crippen LogP contribution is 2.27. The zero-order valence-corrected chi connectivity index (χ0v) is 20.0. The van der Waals surface area contributed by atoms with Crippen molar-refractivity contribution in [2.45, 2.75) is 35.3 Å². The Morgan fingerprint density at radius 3 is 2.30 bits per heavy atom. The van der Waals surface area contributed by atoms with E-state index in [1.807, 2.05) is 6.92 Å². The molecule has 2 atom stereocenters. The molecule has 0 aliphatic carbocycles. The first-order chi connectivity index (χ1) is 15.6. The number of sulfone groups is 1. The molecule has 0 spiro atoms. The molecule has 0 aliphatic rings. The Labute approximate surface area is 202 Å². The monoisotopic (exact) mass is 507 g/mol. The first-order valence-electron chi connectivity index (χ1n) is 10.1. The van der Waals surface area contributed by atoms with E-state index in [0.29, 0.717) is 18.0 Å². The fraction of sp³-hybridized carbons (Fsp3) is 0.208. The number of rotatable bonds is 9. The van der Waals surface area contributed by atoms with Gasteiger partial charge in [-0.3, -0.25) is 0 Å². The van der Waals surface area contributed by atoms with Crippen LogP contribution >= 0.6 is 23.2 Å². The van der Waals surface area contributed by atoms with Crippen molar-refractivity contribution >= 4 is 39.0 Å². The minimum atomic E-state index is -4.06. The lowest BCUT2D eigenvalue weighted by atomic mass is 10.1.